The first-order valence-corrected chi connectivity index (χ1v) is 9.73. The molecule has 8 nitrogen and oxygen atoms in total. The maximum absolute atomic E-state index is 12.2. The van der Waals surface area contributed by atoms with E-state index in [1.807, 2.05) is 30.3 Å². The summed E-state index contributed by atoms with van der Waals surface area (Å²) in [6.07, 6.45) is 1.25. The fraction of sp³-hybridized carbons (Fsp3) is 0.524. The second-order valence-corrected chi connectivity index (χ2v) is 7.58. The second-order valence-electron chi connectivity index (χ2n) is 7.58. The van der Waals surface area contributed by atoms with Crippen LogP contribution in [0.25, 0.3) is 0 Å². The molecular formula is C21H31N3O5. The summed E-state index contributed by atoms with van der Waals surface area (Å²) in [4.78, 5) is 46.7. The largest absolute Gasteiger partial charge is 0.444 e. The van der Waals surface area contributed by atoms with Crippen molar-refractivity contribution in [2.24, 2.45) is 0 Å². The maximum Gasteiger partial charge on any atom is 0.407 e. The van der Waals surface area contributed by atoms with Crippen LogP contribution in [-0.4, -0.2) is 48.9 Å². The number of carbonyl (C=O) groups is 4. The van der Waals surface area contributed by atoms with Crippen molar-refractivity contribution in [3.63, 3.8) is 0 Å². The van der Waals surface area contributed by atoms with Crippen LogP contribution >= 0.6 is 0 Å². The smallest absolute Gasteiger partial charge is 0.407 e. The summed E-state index contributed by atoms with van der Waals surface area (Å²) in [5.41, 5.74) is 0.454. The number of ether oxygens (including phenoxy) is 1. The van der Waals surface area contributed by atoms with E-state index in [1.165, 1.54) is 0 Å². The summed E-state index contributed by atoms with van der Waals surface area (Å²) < 4.78 is 5.11. The van der Waals surface area contributed by atoms with Gasteiger partial charge in [-0.15, -0.1) is 0 Å². The Bertz CT molecular complexity index is 671. The first-order valence-electron chi connectivity index (χ1n) is 9.73. The van der Waals surface area contributed by atoms with E-state index in [0.29, 0.717) is 32.2 Å². The van der Waals surface area contributed by atoms with Gasteiger partial charge in [-0.1, -0.05) is 30.3 Å². The van der Waals surface area contributed by atoms with Crippen LogP contribution in [0.3, 0.4) is 0 Å². The van der Waals surface area contributed by atoms with Crippen LogP contribution in [0.1, 0.15) is 45.6 Å². The van der Waals surface area contributed by atoms with Crippen LogP contribution in [0, 0.1) is 0 Å². The summed E-state index contributed by atoms with van der Waals surface area (Å²) in [5, 5.41) is 7.86. The molecule has 1 atom stereocenters. The highest BCUT2D eigenvalue weighted by Crippen LogP contribution is 2.06. The summed E-state index contributed by atoms with van der Waals surface area (Å²) in [5.74, 6) is -0.718. The molecule has 0 saturated heterocycles. The molecule has 0 aliphatic carbocycles. The molecule has 0 fully saturated rings. The molecule has 0 aromatic heterocycles. The number of nitrogens with one attached hydrogen (secondary N) is 3. The van der Waals surface area contributed by atoms with Crippen LogP contribution in [0.15, 0.2) is 30.3 Å². The lowest BCUT2D eigenvalue weighted by Crippen LogP contribution is -2.47. The lowest BCUT2D eigenvalue weighted by molar-refractivity contribution is -0.129. The zero-order valence-electron chi connectivity index (χ0n) is 17.3. The Morgan fingerprint density at radius 3 is 2.34 bits per heavy atom. The fourth-order valence-corrected chi connectivity index (χ4v) is 2.42. The van der Waals surface area contributed by atoms with Gasteiger partial charge in [-0.2, -0.15) is 0 Å². The molecule has 29 heavy (non-hydrogen) atoms. The number of alkyl carbamates (subject to hydrolysis) is 1. The SMILES string of the molecule is CC(C)(C)OC(=O)NCCCNC(=O)[C@H](CC=O)NC(=O)CCc1ccccc1. The van der Waals surface area contributed by atoms with E-state index >= 15 is 0 Å². The van der Waals surface area contributed by atoms with E-state index in [9.17, 15) is 19.2 Å². The number of aldehydes is 1. The molecule has 3 amide bonds. The zero-order chi connectivity index (χ0) is 21.7. The molecule has 0 saturated carbocycles. The first-order chi connectivity index (χ1) is 13.7. The maximum atomic E-state index is 12.2. The van der Waals surface area contributed by atoms with Gasteiger partial charge in [0, 0.05) is 25.9 Å². The molecule has 1 aromatic rings. The Morgan fingerprint density at radius 2 is 1.72 bits per heavy atom. The van der Waals surface area contributed by atoms with Gasteiger partial charge in [-0.25, -0.2) is 4.79 Å². The highest BCUT2D eigenvalue weighted by molar-refractivity contribution is 5.89. The molecule has 3 N–H and O–H groups in total. The molecule has 0 unspecified atom stereocenters. The molecule has 0 spiro atoms. The number of amides is 3. The minimum Gasteiger partial charge on any atom is -0.444 e. The lowest BCUT2D eigenvalue weighted by Gasteiger charge is -2.19. The minimum atomic E-state index is -0.908. The van der Waals surface area contributed by atoms with E-state index in [-0.39, 0.29) is 18.7 Å². The van der Waals surface area contributed by atoms with Crippen LogP contribution in [0.4, 0.5) is 4.79 Å². The summed E-state index contributed by atoms with van der Waals surface area (Å²) in [6, 6.07) is 8.63. The van der Waals surface area contributed by atoms with Crippen molar-refractivity contribution in [3.05, 3.63) is 35.9 Å². The summed E-state index contributed by atoms with van der Waals surface area (Å²) in [7, 11) is 0. The molecule has 0 heterocycles. The Hall–Kier alpha value is -2.90. The van der Waals surface area contributed by atoms with Crippen molar-refractivity contribution in [1.29, 1.82) is 0 Å². The van der Waals surface area contributed by atoms with Gasteiger partial charge in [0.15, 0.2) is 0 Å². The predicted molar refractivity (Wildman–Crippen MR) is 109 cm³/mol. The minimum absolute atomic E-state index is 0.0981. The zero-order valence-corrected chi connectivity index (χ0v) is 17.3. The van der Waals surface area contributed by atoms with Crippen molar-refractivity contribution in [2.75, 3.05) is 13.1 Å². The van der Waals surface area contributed by atoms with Crippen molar-refractivity contribution >= 4 is 24.2 Å². The van der Waals surface area contributed by atoms with Gasteiger partial charge in [0.1, 0.15) is 17.9 Å². The number of benzene rings is 1. The van der Waals surface area contributed by atoms with Crippen molar-refractivity contribution in [3.8, 4) is 0 Å². The number of aryl methyl sites for hydroxylation is 1. The lowest BCUT2D eigenvalue weighted by atomic mass is 10.1. The van der Waals surface area contributed by atoms with Crippen molar-refractivity contribution < 1.29 is 23.9 Å². The molecule has 1 aromatic carbocycles. The normalized spacial score (nSPS) is 11.8. The van der Waals surface area contributed by atoms with E-state index in [2.05, 4.69) is 16.0 Å². The molecule has 160 valence electrons. The predicted octanol–water partition coefficient (Wildman–Crippen LogP) is 1.72. The van der Waals surface area contributed by atoms with Gasteiger partial charge in [-0.3, -0.25) is 9.59 Å². The quantitative estimate of drug-likeness (QED) is 0.383. The first kappa shape index (κ1) is 24.1. The molecular weight excluding hydrogens is 374 g/mol. The monoisotopic (exact) mass is 405 g/mol. The van der Waals surface area contributed by atoms with E-state index in [0.717, 1.165) is 5.56 Å². The fourth-order valence-electron chi connectivity index (χ4n) is 2.42. The van der Waals surface area contributed by atoms with E-state index in [1.54, 1.807) is 20.8 Å². The molecule has 0 radical (unpaired) electrons. The molecule has 0 aliphatic rings. The third-order valence-electron chi connectivity index (χ3n) is 3.79. The van der Waals surface area contributed by atoms with Gasteiger partial charge < -0.3 is 25.5 Å². The van der Waals surface area contributed by atoms with Gasteiger partial charge >= 0.3 is 6.09 Å². The van der Waals surface area contributed by atoms with Gasteiger partial charge in [0.05, 0.1) is 0 Å². The molecule has 0 bridgehead atoms. The van der Waals surface area contributed by atoms with Crippen LogP contribution in [0.5, 0.6) is 0 Å². The number of carbonyl (C=O) groups excluding carboxylic acids is 4. The number of hydrogen-bond acceptors (Lipinski definition) is 5. The third-order valence-corrected chi connectivity index (χ3v) is 3.79. The second kappa shape index (κ2) is 12.5. The molecule has 1 rings (SSSR count). The average Bonchev–Trinajstić information content (AvgIpc) is 2.65. The Morgan fingerprint density at radius 1 is 1.07 bits per heavy atom. The van der Waals surface area contributed by atoms with Crippen molar-refractivity contribution in [2.45, 2.75) is 58.1 Å². The van der Waals surface area contributed by atoms with E-state index in [4.69, 9.17) is 4.74 Å². The highest BCUT2D eigenvalue weighted by atomic mass is 16.6. The molecule has 8 heteroatoms. The summed E-state index contributed by atoms with van der Waals surface area (Å²) >= 11 is 0. The van der Waals surface area contributed by atoms with E-state index < -0.39 is 23.6 Å². The number of rotatable bonds is 11. The highest BCUT2D eigenvalue weighted by Gasteiger charge is 2.20. The summed E-state index contributed by atoms with van der Waals surface area (Å²) in [6.45, 7) is 5.94. The van der Waals surface area contributed by atoms with Crippen LogP contribution < -0.4 is 16.0 Å². The van der Waals surface area contributed by atoms with Crippen LogP contribution in [0.2, 0.25) is 0 Å². The topological polar surface area (TPSA) is 114 Å². The van der Waals surface area contributed by atoms with Gasteiger partial charge in [0.25, 0.3) is 0 Å². The Balaban J connectivity index is 2.31. The van der Waals surface area contributed by atoms with Gasteiger partial charge in [0.2, 0.25) is 11.8 Å². The average molecular weight is 405 g/mol. The van der Waals surface area contributed by atoms with Gasteiger partial charge in [-0.05, 0) is 39.2 Å². The molecule has 0 aliphatic heterocycles. The Labute approximate surface area is 171 Å². The Kier molecular flexibility index (Phi) is 10.4. The standard InChI is InChI=1S/C21H31N3O5/c1-21(2,3)29-20(28)23-14-7-13-22-19(27)17(12-15-25)24-18(26)11-10-16-8-5-4-6-9-16/h4-6,8-9,15,17H,7,10-14H2,1-3H3,(H,22,27)(H,23,28)(H,24,26)/t17-/m0/s1. The number of hydrogen-bond donors (Lipinski definition) is 3. The third kappa shape index (κ3) is 11.5. The van der Waals surface area contributed by atoms with Crippen LogP contribution in [-0.2, 0) is 25.5 Å². The van der Waals surface area contributed by atoms with Crippen molar-refractivity contribution in [1.82, 2.24) is 16.0 Å².